The minimum atomic E-state index is 0.700. The molecule has 33 heavy (non-hydrogen) atoms. The van der Waals surface area contributed by atoms with Crippen molar-refractivity contribution in [2.75, 3.05) is 25.1 Å². The average Bonchev–Trinajstić information content (AvgIpc) is 2.84. The van der Waals surface area contributed by atoms with Gasteiger partial charge in [-0.3, -0.25) is 4.98 Å². The van der Waals surface area contributed by atoms with E-state index in [9.17, 15) is 0 Å². The molecule has 0 saturated carbocycles. The van der Waals surface area contributed by atoms with Gasteiger partial charge in [0.2, 0.25) is 0 Å². The summed E-state index contributed by atoms with van der Waals surface area (Å²) in [6, 6.07) is 7.71. The van der Waals surface area contributed by atoms with E-state index in [0.29, 0.717) is 5.56 Å². The van der Waals surface area contributed by atoms with Crippen LogP contribution < -0.4 is 10.6 Å². The number of anilines is 2. The fourth-order valence-corrected chi connectivity index (χ4v) is 4.22. The van der Waals surface area contributed by atoms with Crippen LogP contribution in [0.4, 0.5) is 11.4 Å². The fraction of sp³-hybridized carbons (Fsp3) is 0.286. The number of benzene rings is 1. The highest BCUT2D eigenvalue weighted by Gasteiger charge is 2.18. The topological polar surface area (TPSA) is 46.2 Å². The van der Waals surface area contributed by atoms with Gasteiger partial charge in [-0.15, -0.1) is 12.8 Å². The largest absolute Gasteiger partial charge is 0.381 e. The Labute approximate surface area is 201 Å². The zero-order valence-corrected chi connectivity index (χ0v) is 20.0. The Kier molecular flexibility index (Phi) is 9.31. The highest BCUT2D eigenvalue weighted by atomic mass is 32.2. The van der Waals surface area contributed by atoms with Crippen molar-refractivity contribution in [1.29, 1.82) is 0 Å². The Morgan fingerprint density at radius 2 is 2.15 bits per heavy atom. The molecule has 2 aromatic rings. The molecule has 1 aromatic heterocycles. The van der Waals surface area contributed by atoms with Crippen LogP contribution in [0.1, 0.15) is 49.9 Å². The Balaban J connectivity index is 1.66. The molecule has 168 valence electrons. The Bertz CT molecular complexity index is 1160. The van der Waals surface area contributed by atoms with Crippen LogP contribution in [-0.2, 0) is 4.74 Å². The molecule has 2 N–H and O–H groups in total. The summed E-state index contributed by atoms with van der Waals surface area (Å²) in [5, 5.41) is 7.88. The van der Waals surface area contributed by atoms with Gasteiger partial charge in [-0.05, 0) is 44.4 Å². The van der Waals surface area contributed by atoms with Crippen molar-refractivity contribution in [3.05, 3.63) is 69.7 Å². The smallest absolute Gasteiger partial charge is 0.117 e. The molecule has 3 rings (SSSR count). The highest BCUT2D eigenvalue weighted by molar-refractivity contribution is 8.03. The van der Waals surface area contributed by atoms with E-state index < -0.39 is 0 Å². The lowest BCUT2D eigenvalue weighted by atomic mass is 10.1. The number of aromatic nitrogens is 1. The maximum absolute atomic E-state index is 5.77. The van der Waals surface area contributed by atoms with Gasteiger partial charge in [0.15, 0.2) is 0 Å². The van der Waals surface area contributed by atoms with E-state index in [2.05, 4.69) is 53.1 Å². The van der Waals surface area contributed by atoms with Crippen LogP contribution in [0.25, 0.3) is 6.08 Å². The van der Waals surface area contributed by atoms with Gasteiger partial charge >= 0.3 is 0 Å². The lowest BCUT2D eigenvalue weighted by Gasteiger charge is -2.19. The molecule has 0 bridgehead atoms. The fourth-order valence-electron chi connectivity index (χ4n) is 3.24. The third kappa shape index (κ3) is 7.07. The first-order valence-corrected chi connectivity index (χ1v) is 11.9. The molecule has 0 atom stereocenters. The summed E-state index contributed by atoms with van der Waals surface area (Å²) in [7, 11) is 0. The van der Waals surface area contributed by atoms with Gasteiger partial charge < -0.3 is 15.4 Å². The van der Waals surface area contributed by atoms with Crippen LogP contribution in [0.5, 0.6) is 0 Å². The summed E-state index contributed by atoms with van der Waals surface area (Å²) < 4.78 is 5.53. The predicted molar refractivity (Wildman–Crippen MR) is 139 cm³/mol. The Morgan fingerprint density at radius 1 is 1.27 bits per heavy atom. The first-order valence-electron chi connectivity index (χ1n) is 11.1. The standard InChI is InChI=1S/C28H29N3OS/c1-5-17-32-18-9-10-21(4)15-16-29-26-14-13-25-28(33-26)27(23(7-3)20-30-25)31-24-12-8-11-22(6-2)19-24/h2-3,8,10-13,19-20,29H,5,9,15-18H2,1,4H3,(H,30,31)/b21-10-. The van der Waals surface area contributed by atoms with E-state index in [-0.39, 0.29) is 0 Å². The zero-order chi connectivity index (χ0) is 23.5. The summed E-state index contributed by atoms with van der Waals surface area (Å²) in [6.45, 7) is 6.72. The third-order valence-electron chi connectivity index (χ3n) is 4.97. The minimum Gasteiger partial charge on any atom is -0.381 e. The van der Waals surface area contributed by atoms with Crippen molar-refractivity contribution in [2.24, 2.45) is 0 Å². The van der Waals surface area contributed by atoms with E-state index in [1.807, 2.05) is 30.3 Å². The van der Waals surface area contributed by atoms with Crippen molar-refractivity contribution >= 4 is 29.2 Å². The van der Waals surface area contributed by atoms with Gasteiger partial charge in [-0.25, -0.2) is 0 Å². The van der Waals surface area contributed by atoms with Gasteiger partial charge in [0, 0.05) is 36.7 Å². The van der Waals surface area contributed by atoms with E-state index >= 15 is 0 Å². The van der Waals surface area contributed by atoms with Crippen LogP contribution in [-0.4, -0.2) is 24.7 Å². The van der Waals surface area contributed by atoms with Gasteiger partial charge in [0.25, 0.3) is 0 Å². The lowest BCUT2D eigenvalue weighted by Crippen LogP contribution is -2.14. The Hall–Kier alpha value is -3.34. The molecule has 0 amide bonds. The number of pyridine rings is 1. The molecule has 0 spiro atoms. The molecule has 1 aliphatic rings. The SMILES string of the molecule is C#Cc1cccc(Nc2c(C#C)cnc3c2SC(NCC/C(C)=C\CCOCCC)=C=C3)c1. The normalized spacial score (nSPS) is 12.4. The predicted octanol–water partition coefficient (Wildman–Crippen LogP) is 6.09. The number of rotatable bonds is 11. The van der Waals surface area contributed by atoms with Crippen molar-refractivity contribution in [3.8, 4) is 24.7 Å². The molecule has 2 heterocycles. The molecule has 0 unspecified atom stereocenters. The van der Waals surface area contributed by atoms with E-state index in [1.165, 1.54) is 5.57 Å². The molecular formula is C28H29N3OS. The summed E-state index contributed by atoms with van der Waals surface area (Å²) in [4.78, 5) is 5.48. The molecule has 0 aliphatic carbocycles. The van der Waals surface area contributed by atoms with E-state index in [0.717, 1.165) is 71.6 Å². The van der Waals surface area contributed by atoms with Gasteiger partial charge in [-0.1, -0.05) is 54.0 Å². The number of thioether (sulfide) groups is 1. The zero-order valence-electron chi connectivity index (χ0n) is 19.2. The number of fused-ring (bicyclic) bond motifs is 1. The van der Waals surface area contributed by atoms with Crippen molar-refractivity contribution in [1.82, 2.24) is 10.3 Å². The van der Waals surface area contributed by atoms with Crippen LogP contribution in [0.15, 0.2) is 57.8 Å². The molecule has 0 saturated heterocycles. The van der Waals surface area contributed by atoms with Crippen LogP contribution in [0.3, 0.4) is 0 Å². The first-order chi connectivity index (χ1) is 16.1. The minimum absolute atomic E-state index is 0.700. The molecule has 4 nitrogen and oxygen atoms in total. The van der Waals surface area contributed by atoms with Crippen LogP contribution >= 0.6 is 11.8 Å². The molecule has 1 aromatic carbocycles. The van der Waals surface area contributed by atoms with Gasteiger partial charge in [0.05, 0.1) is 28.4 Å². The molecule has 0 radical (unpaired) electrons. The summed E-state index contributed by atoms with van der Waals surface area (Å²) in [6.07, 6.45) is 20.1. The summed E-state index contributed by atoms with van der Waals surface area (Å²) in [5.41, 5.74) is 8.72. The van der Waals surface area contributed by atoms with E-state index in [4.69, 9.17) is 17.6 Å². The molecule has 5 heteroatoms. The number of nitrogens with zero attached hydrogens (tertiary/aromatic N) is 1. The van der Waals surface area contributed by atoms with Crippen molar-refractivity contribution in [2.45, 2.75) is 38.0 Å². The number of hydrogen-bond acceptors (Lipinski definition) is 5. The number of ether oxygens (including phenoxy) is 1. The monoisotopic (exact) mass is 455 g/mol. The maximum Gasteiger partial charge on any atom is 0.117 e. The second-order valence-electron chi connectivity index (χ2n) is 7.60. The third-order valence-corrected chi connectivity index (χ3v) is 6.05. The number of terminal acetylenes is 2. The molecular weight excluding hydrogens is 426 g/mol. The summed E-state index contributed by atoms with van der Waals surface area (Å²) >= 11 is 1.58. The second kappa shape index (κ2) is 12.6. The number of nitrogens with one attached hydrogen (secondary N) is 2. The second-order valence-corrected chi connectivity index (χ2v) is 8.62. The lowest BCUT2D eigenvalue weighted by molar-refractivity contribution is 0.139. The Morgan fingerprint density at radius 3 is 2.94 bits per heavy atom. The molecule has 0 fully saturated rings. The van der Waals surface area contributed by atoms with Gasteiger partial charge in [-0.2, -0.15) is 0 Å². The van der Waals surface area contributed by atoms with E-state index in [1.54, 1.807) is 18.0 Å². The van der Waals surface area contributed by atoms with Gasteiger partial charge in [0.1, 0.15) is 5.03 Å². The maximum atomic E-state index is 5.77. The van der Waals surface area contributed by atoms with Crippen molar-refractivity contribution in [3.63, 3.8) is 0 Å². The van der Waals surface area contributed by atoms with Crippen LogP contribution in [0.2, 0.25) is 0 Å². The number of hydrogen-bond donors (Lipinski definition) is 2. The summed E-state index contributed by atoms with van der Waals surface area (Å²) in [5.74, 6) is 5.40. The molecule has 1 aliphatic heterocycles. The first kappa shape index (κ1) is 24.3. The highest BCUT2D eigenvalue weighted by Crippen LogP contribution is 2.40. The average molecular weight is 456 g/mol. The van der Waals surface area contributed by atoms with Crippen molar-refractivity contribution < 1.29 is 4.74 Å². The quantitative estimate of drug-likeness (QED) is 0.186. The van der Waals surface area contributed by atoms with Crippen LogP contribution in [0, 0.1) is 24.7 Å².